The minimum atomic E-state index is 0.150. The summed E-state index contributed by atoms with van der Waals surface area (Å²) >= 11 is 0. The Morgan fingerprint density at radius 2 is 0.464 bits per heavy atom. The Morgan fingerprint density at radius 3 is 0.882 bits per heavy atom. The molecule has 28 rings (SSSR count). The van der Waals surface area contributed by atoms with Gasteiger partial charge in [0.15, 0.2) is 0 Å². The van der Waals surface area contributed by atoms with E-state index in [1.54, 1.807) is 22.3 Å². The van der Waals surface area contributed by atoms with Gasteiger partial charge in [0.25, 0.3) is 0 Å². The molecule has 10 aliphatic carbocycles. The molecule has 8 bridgehead atoms. The zero-order chi connectivity index (χ0) is 71.7. The minimum Gasteiger partial charge on any atom is -0.456 e. The fourth-order valence-electron chi connectivity index (χ4n) is 25.6. The third kappa shape index (κ3) is 8.71. The molecule has 0 atom stereocenters. The van der Waals surface area contributed by atoms with Crippen molar-refractivity contribution >= 4 is 87.0 Å². The summed E-state index contributed by atoms with van der Waals surface area (Å²) in [4.78, 5) is 0. The van der Waals surface area contributed by atoms with Crippen molar-refractivity contribution in [3.63, 3.8) is 0 Å². The van der Waals surface area contributed by atoms with Gasteiger partial charge in [-0.2, -0.15) is 0 Å². The van der Waals surface area contributed by atoms with Gasteiger partial charge in [-0.25, -0.2) is 0 Å². The van der Waals surface area contributed by atoms with E-state index in [0.29, 0.717) is 0 Å². The highest BCUT2D eigenvalue weighted by atomic mass is 16.3. The van der Waals surface area contributed by atoms with E-state index in [1.165, 1.54) is 202 Å². The lowest BCUT2D eigenvalue weighted by atomic mass is 9.43. The van der Waals surface area contributed by atoms with Crippen molar-refractivity contribution in [1.29, 1.82) is 0 Å². The monoisotopic (exact) mass is 1410 g/mol. The molecule has 0 aliphatic heterocycles. The molecule has 0 unspecified atom stereocenters. The summed E-state index contributed by atoms with van der Waals surface area (Å²) in [7, 11) is 0. The van der Waals surface area contributed by atoms with Crippen LogP contribution in [-0.4, -0.2) is 0 Å². The summed E-state index contributed by atoms with van der Waals surface area (Å²) in [6, 6.07) is 119. The third-order valence-corrected chi connectivity index (χ3v) is 29.3. The number of benzene rings is 16. The standard InChI is InChI=1S/2C54H40O/c1-3-13-46-44(11-1)52(35-19-17-34(18-20-35)36-21-24-43-42-10-6-8-16-50(42)55-51(43)31-36)45-12-2-4-14-47(45)53(46)37-22-23-41-40-9-5-7-15-48(40)54(49(41)30-37)38-26-32-25-33(28-38)29-39(54)27-32;1-3-13-45-43(11-1)52(35-19-17-34(18-20-35)36-22-24-51-47(30-36)42-10-6-8-16-50(42)55-51)44-12-2-4-14-46(44)53(45)37-21-23-41-40-9-5-7-15-48(40)54(49(41)31-37)38-26-32-25-33(28-38)29-39(54)27-32/h2*1-24,30-33,38-39H,25-29H2. The van der Waals surface area contributed by atoms with E-state index in [9.17, 15) is 0 Å². The van der Waals surface area contributed by atoms with Crippen LogP contribution >= 0.6 is 0 Å². The number of furan rings is 2. The van der Waals surface area contributed by atoms with Crippen molar-refractivity contribution in [3.8, 4) is 89.0 Å². The summed E-state index contributed by atoms with van der Waals surface area (Å²) in [5.41, 5.74) is 31.8. The van der Waals surface area contributed by atoms with Crippen molar-refractivity contribution in [3.05, 3.63) is 338 Å². The van der Waals surface area contributed by atoms with Gasteiger partial charge in [0.2, 0.25) is 0 Å². The van der Waals surface area contributed by atoms with E-state index in [0.717, 1.165) is 85.8 Å². The van der Waals surface area contributed by atoms with E-state index in [1.807, 2.05) is 24.3 Å². The zero-order valence-electron chi connectivity index (χ0n) is 61.5. The molecule has 0 radical (unpaired) electrons. The van der Waals surface area contributed by atoms with E-state index in [2.05, 4.69) is 291 Å². The van der Waals surface area contributed by atoms with Crippen LogP contribution in [0.15, 0.2) is 324 Å². The number of rotatable bonds is 6. The Hall–Kier alpha value is -11.8. The van der Waals surface area contributed by atoms with Gasteiger partial charge in [-0.05, 0) is 314 Å². The predicted octanol–water partition coefficient (Wildman–Crippen LogP) is 29.2. The van der Waals surface area contributed by atoms with E-state index < -0.39 is 0 Å². The van der Waals surface area contributed by atoms with Crippen LogP contribution in [0, 0.1) is 47.3 Å². The molecule has 110 heavy (non-hydrogen) atoms. The lowest BCUT2D eigenvalue weighted by Crippen LogP contribution is -2.55. The van der Waals surface area contributed by atoms with E-state index >= 15 is 0 Å². The second-order valence-corrected chi connectivity index (χ2v) is 34.4. The number of hydrogen-bond acceptors (Lipinski definition) is 2. The highest BCUT2D eigenvalue weighted by molar-refractivity contribution is 6.23. The van der Waals surface area contributed by atoms with Crippen molar-refractivity contribution in [2.75, 3.05) is 0 Å². The summed E-state index contributed by atoms with van der Waals surface area (Å²) in [5, 5.41) is 15.2. The Kier molecular flexibility index (Phi) is 13.2. The smallest absolute Gasteiger partial charge is 0.136 e. The summed E-state index contributed by atoms with van der Waals surface area (Å²) < 4.78 is 12.4. The third-order valence-electron chi connectivity index (χ3n) is 29.3. The predicted molar refractivity (Wildman–Crippen MR) is 457 cm³/mol. The summed E-state index contributed by atoms with van der Waals surface area (Å²) in [6.07, 6.45) is 14.2. The Balaban J connectivity index is 0.000000126. The van der Waals surface area contributed by atoms with Gasteiger partial charge in [-0.15, -0.1) is 0 Å². The lowest BCUT2D eigenvalue weighted by Gasteiger charge is -2.61. The molecule has 8 fully saturated rings. The van der Waals surface area contributed by atoms with Crippen molar-refractivity contribution in [2.45, 2.75) is 75.0 Å². The molecule has 8 saturated carbocycles. The number of fused-ring (bicyclic) bond motifs is 16. The molecule has 0 amide bonds. The highest BCUT2D eigenvalue weighted by Crippen LogP contribution is 2.72. The molecule has 2 nitrogen and oxygen atoms in total. The van der Waals surface area contributed by atoms with Gasteiger partial charge in [-0.3, -0.25) is 0 Å². The average molecular weight is 1410 g/mol. The molecule has 2 aromatic heterocycles. The molecule has 16 aromatic carbocycles. The van der Waals surface area contributed by atoms with Crippen LogP contribution in [0.4, 0.5) is 0 Å². The van der Waals surface area contributed by atoms with Crippen LogP contribution in [0.1, 0.15) is 86.5 Å². The quantitative estimate of drug-likeness (QED) is 0.155. The largest absolute Gasteiger partial charge is 0.456 e. The SMILES string of the molecule is c1ccc2c(c1)-c1ccc(-c3c4ccccc4c(-c4ccc(-c5ccc6c(c5)oc5ccccc56)cc4)c4ccccc34)cc1C21C2CC3CC(C2)CC1C3.c1ccc2c(c1)-c1ccc(-c3c4ccccc4c(-c4ccc(-c5ccc6oc7ccccc7c6c5)cc4)c4ccccc34)cc1C21C2CC3CC(C2)CC1C3. The molecule has 18 aromatic rings. The van der Waals surface area contributed by atoms with Crippen LogP contribution < -0.4 is 0 Å². The molecule has 2 heterocycles. The maximum Gasteiger partial charge on any atom is 0.136 e. The minimum absolute atomic E-state index is 0.150. The molecule has 0 N–H and O–H groups in total. The molecular weight excluding hydrogens is 1330 g/mol. The molecule has 0 saturated heterocycles. The first-order chi connectivity index (χ1) is 54.4. The normalized spacial score (nSPS) is 23.3. The molecular formula is C108H80O2. The molecule has 2 heteroatoms. The fraction of sp³-hybridized carbons (Fsp3) is 0.185. The number of hydrogen-bond donors (Lipinski definition) is 0. The van der Waals surface area contributed by atoms with Crippen molar-refractivity contribution < 1.29 is 8.83 Å². The Bertz CT molecular complexity index is 6760. The molecule has 2 spiro atoms. The van der Waals surface area contributed by atoms with Crippen LogP contribution in [0.25, 0.3) is 176 Å². The maximum absolute atomic E-state index is 6.25. The summed E-state index contributed by atoms with van der Waals surface area (Å²) in [5.74, 6) is 6.73. The second kappa shape index (κ2) is 23.3. The van der Waals surface area contributed by atoms with E-state index in [4.69, 9.17) is 8.83 Å². The van der Waals surface area contributed by atoms with E-state index in [-0.39, 0.29) is 10.8 Å². The van der Waals surface area contributed by atoms with Gasteiger partial charge in [0, 0.05) is 32.4 Å². The Morgan fingerprint density at radius 1 is 0.182 bits per heavy atom. The van der Waals surface area contributed by atoms with Gasteiger partial charge in [0.05, 0.1) is 0 Å². The highest BCUT2D eigenvalue weighted by Gasteiger charge is 2.63. The Labute approximate surface area is 640 Å². The average Bonchev–Trinajstić information content (AvgIpc) is 1.49. The van der Waals surface area contributed by atoms with Gasteiger partial charge in [0.1, 0.15) is 22.3 Å². The van der Waals surface area contributed by atoms with Crippen LogP contribution in [0.5, 0.6) is 0 Å². The molecule has 10 aliphatic rings. The van der Waals surface area contributed by atoms with Gasteiger partial charge >= 0.3 is 0 Å². The lowest BCUT2D eigenvalue weighted by molar-refractivity contribution is -0.0399. The molecule has 524 valence electrons. The second-order valence-electron chi connectivity index (χ2n) is 34.4. The van der Waals surface area contributed by atoms with Crippen molar-refractivity contribution in [2.24, 2.45) is 47.3 Å². The topological polar surface area (TPSA) is 26.3 Å². The van der Waals surface area contributed by atoms with Crippen LogP contribution in [-0.2, 0) is 10.8 Å². The van der Waals surface area contributed by atoms with Gasteiger partial charge < -0.3 is 8.83 Å². The first-order valence-corrected chi connectivity index (χ1v) is 40.8. The maximum atomic E-state index is 6.25. The first-order valence-electron chi connectivity index (χ1n) is 40.8. The fourth-order valence-corrected chi connectivity index (χ4v) is 25.6. The van der Waals surface area contributed by atoms with Crippen LogP contribution in [0.3, 0.4) is 0 Å². The summed E-state index contributed by atoms with van der Waals surface area (Å²) in [6.45, 7) is 0. The zero-order valence-corrected chi connectivity index (χ0v) is 61.5. The number of para-hydroxylation sites is 2. The van der Waals surface area contributed by atoms with Gasteiger partial charge in [-0.1, -0.05) is 267 Å². The van der Waals surface area contributed by atoms with Crippen LogP contribution in [0.2, 0.25) is 0 Å². The van der Waals surface area contributed by atoms with Crippen molar-refractivity contribution in [1.82, 2.24) is 0 Å². The first kappa shape index (κ1) is 62.1.